The molecule has 1 aliphatic heterocycles. The van der Waals surface area contributed by atoms with Gasteiger partial charge in [-0.1, -0.05) is 12.1 Å². The molecule has 1 aromatic carbocycles. The van der Waals surface area contributed by atoms with Gasteiger partial charge < -0.3 is 20.9 Å². The van der Waals surface area contributed by atoms with Gasteiger partial charge in [0.2, 0.25) is 0 Å². The van der Waals surface area contributed by atoms with Crippen molar-refractivity contribution in [2.24, 2.45) is 0 Å². The predicted molar refractivity (Wildman–Crippen MR) is 128 cm³/mol. The first-order chi connectivity index (χ1) is 15.0. The average molecular weight is 458 g/mol. The number of carbonyl (C=O) groups is 2. The van der Waals surface area contributed by atoms with Gasteiger partial charge in [-0.05, 0) is 43.9 Å². The van der Waals surface area contributed by atoms with Crippen molar-refractivity contribution in [1.29, 1.82) is 0 Å². The number of nitrogens with zero attached hydrogens (tertiary/aromatic N) is 4. The van der Waals surface area contributed by atoms with Gasteiger partial charge in [0, 0.05) is 25.8 Å². The van der Waals surface area contributed by atoms with Crippen LogP contribution in [0.15, 0.2) is 36.7 Å². The van der Waals surface area contributed by atoms with Gasteiger partial charge in [-0.25, -0.2) is 4.98 Å². The third-order valence-electron chi connectivity index (χ3n) is 5.89. The van der Waals surface area contributed by atoms with Crippen LogP contribution < -0.4 is 16.0 Å². The summed E-state index contributed by atoms with van der Waals surface area (Å²) >= 11 is 0. The number of carbonyl (C=O) groups excluding carboxylic acids is 2. The first-order valence-corrected chi connectivity index (χ1v) is 10.5. The molecule has 0 saturated carbocycles. The maximum absolute atomic E-state index is 13.1. The molecule has 1 saturated heterocycles. The molecule has 1 fully saturated rings. The molecule has 1 aliphatic rings. The molecule has 0 spiro atoms. The van der Waals surface area contributed by atoms with E-state index in [4.69, 9.17) is 5.73 Å². The van der Waals surface area contributed by atoms with Crippen LogP contribution in [0.4, 0.5) is 17.2 Å². The van der Waals surface area contributed by atoms with E-state index in [2.05, 4.69) is 44.5 Å². The van der Waals surface area contributed by atoms with Crippen molar-refractivity contribution in [3.8, 4) is 0 Å². The Bertz CT molecular complexity index is 1120. The lowest BCUT2D eigenvalue weighted by Crippen LogP contribution is -2.44. The molecule has 170 valence electrons. The normalized spacial score (nSPS) is 15.8. The highest BCUT2D eigenvalue weighted by Gasteiger charge is 2.32. The van der Waals surface area contributed by atoms with Gasteiger partial charge in [-0.15, -0.1) is 12.4 Å². The maximum atomic E-state index is 13.1. The smallest absolute Gasteiger partial charge is 0.314 e. The molecule has 0 aliphatic carbocycles. The molecule has 0 radical (unpaired) electrons. The number of fused-ring (bicyclic) bond motifs is 1. The second kappa shape index (κ2) is 9.86. The molecular weight excluding hydrogens is 430 g/mol. The number of benzene rings is 1. The van der Waals surface area contributed by atoms with Crippen molar-refractivity contribution < 1.29 is 9.59 Å². The number of pyridine rings is 1. The van der Waals surface area contributed by atoms with Crippen molar-refractivity contribution in [3.05, 3.63) is 42.2 Å². The fraction of sp³-hybridized carbons (Fsp3) is 0.364. The molecule has 2 amide bonds. The van der Waals surface area contributed by atoms with Crippen LogP contribution in [0.3, 0.4) is 0 Å². The minimum absolute atomic E-state index is 0. The van der Waals surface area contributed by atoms with Crippen LogP contribution in [0.25, 0.3) is 10.9 Å². The number of halogens is 1. The van der Waals surface area contributed by atoms with Crippen molar-refractivity contribution in [1.82, 2.24) is 20.1 Å². The lowest BCUT2D eigenvalue weighted by molar-refractivity contribution is -0.145. The van der Waals surface area contributed by atoms with Crippen LogP contribution in [0.2, 0.25) is 0 Å². The van der Waals surface area contributed by atoms with E-state index in [1.165, 1.54) is 12.4 Å². The zero-order valence-corrected chi connectivity index (χ0v) is 19.0. The number of H-pyrrole nitrogens is 1. The van der Waals surface area contributed by atoms with Crippen molar-refractivity contribution in [3.63, 3.8) is 0 Å². The minimum atomic E-state index is -0.698. The SMILES string of the molecule is CCN(C)c1cccc(C2CCCCN2C(=O)C(=O)Nc2cnc(N)c3cn[nH]c23)c1.Cl. The quantitative estimate of drug-likeness (QED) is 0.518. The Labute approximate surface area is 192 Å². The van der Waals surface area contributed by atoms with E-state index in [1.54, 1.807) is 4.90 Å². The topological polar surface area (TPSA) is 120 Å². The van der Waals surface area contributed by atoms with E-state index in [0.717, 1.165) is 37.1 Å². The summed E-state index contributed by atoms with van der Waals surface area (Å²) in [5.41, 5.74) is 8.90. The molecule has 4 rings (SSSR count). The first-order valence-electron chi connectivity index (χ1n) is 10.5. The molecule has 4 N–H and O–H groups in total. The summed E-state index contributed by atoms with van der Waals surface area (Å²) in [5, 5.41) is 10.0. The Balaban J connectivity index is 0.00000289. The fourth-order valence-corrected chi connectivity index (χ4v) is 4.03. The second-order valence-electron chi connectivity index (χ2n) is 7.79. The number of rotatable bonds is 4. The number of hydrogen-bond donors (Lipinski definition) is 3. The number of nitrogen functional groups attached to an aromatic ring is 1. The van der Waals surface area contributed by atoms with E-state index in [9.17, 15) is 9.59 Å². The third kappa shape index (κ3) is 4.47. The Hall–Kier alpha value is -3.33. The molecule has 1 atom stereocenters. The third-order valence-corrected chi connectivity index (χ3v) is 5.89. The number of nitrogens with two attached hydrogens (primary N) is 1. The number of amides is 2. The van der Waals surface area contributed by atoms with Gasteiger partial charge in [-0.3, -0.25) is 14.7 Å². The minimum Gasteiger partial charge on any atom is -0.383 e. The van der Waals surface area contributed by atoms with Crippen molar-refractivity contribution >= 4 is 52.3 Å². The number of aromatic amines is 1. The van der Waals surface area contributed by atoms with Gasteiger partial charge in [-0.2, -0.15) is 5.10 Å². The number of nitrogens with one attached hydrogen (secondary N) is 2. The highest BCUT2D eigenvalue weighted by atomic mass is 35.5. The molecule has 3 aromatic rings. The number of hydrogen-bond acceptors (Lipinski definition) is 6. The van der Waals surface area contributed by atoms with Gasteiger partial charge in [0.25, 0.3) is 0 Å². The summed E-state index contributed by atoms with van der Waals surface area (Å²) in [7, 11) is 2.03. The lowest BCUT2D eigenvalue weighted by Gasteiger charge is -2.36. The van der Waals surface area contributed by atoms with Gasteiger partial charge in [0.15, 0.2) is 0 Å². The lowest BCUT2D eigenvalue weighted by atomic mass is 9.94. The molecule has 32 heavy (non-hydrogen) atoms. The highest BCUT2D eigenvalue weighted by Crippen LogP contribution is 2.33. The van der Waals surface area contributed by atoms with Crippen LogP contribution in [0.1, 0.15) is 37.8 Å². The zero-order valence-electron chi connectivity index (χ0n) is 18.2. The number of anilines is 3. The molecule has 9 nitrogen and oxygen atoms in total. The van der Waals surface area contributed by atoms with Gasteiger partial charge in [0.05, 0.1) is 35.0 Å². The number of likely N-dealkylation sites (tertiary alicyclic amines) is 1. The van der Waals surface area contributed by atoms with E-state index in [-0.39, 0.29) is 18.4 Å². The first kappa shape index (κ1) is 23.3. The van der Waals surface area contributed by atoms with E-state index < -0.39 is 11.8 Å². The van der Waals surface area contributed by atoms with Crippen molar-refractivity contribution in [2.45, 2.75) is 32.2 Å². The van der Waals surface area contributed by atoms with E-state index in [1.807, 2.05) is 19.2 Å². The highest BCUT2D eigenvalue weighted by molar-refractivity contribution is 6.40. The zero-order chi connectivity index (χ0) is 22.0. The average Bonchev–Trinajstić information content (AvgIpc) is 3.31. The summed E-state index contributed by atoms with van der Waals surface area (Å²) in [6.45, 7) is 3.53. The largest absolute Gasteiger partial charge is 0.383 e. The number of piperidine rings is 1. The van der Waals surface area contributed by atoms with Crippen molar-refractivity contribution in [2.75, 3.05) is 36.1 Å². The summed E-state index contributed by atoms with van der Waals surface area (Å²) in [5.74, 6) is -0.944. The Morgan fingerprint density at radius 3 is 2.91 bits per heavy atom. The van der Waals surface area contributed by atoms with Crippen LogP contribution in [0.5, 0.6) is 0 Å². The molecule has 10 heteroatoms. The van der Waals surface area contributed by atoms with E-state index in [0.29, 0.717) is 29.0 Å². The van der Waals surface area contributed by atoms with Crippen LogP contribution >= 0.6 is 12.4 Å². The molecule has 3 heterocycles. The predicted octanol–water partition coefficient (Wildman–Crippen LogP) is 3.11. The fourth-order valence-electron chi connectivity index (χ4n) is 4.03. The number of aromatic nitrogens is 3. The summed E-state index contributed by atoms with van der Waals surface area (Å²) in [6, 6.07) is 8.06. The Kier molecular flexibility index (Phi) is 7.19. The molecule has 0 bridgehead atoms. The summed E-state index contributed by atoms with van der Waals surface area (Å²) < 4.78 is 0. The monoisotopic (exact) mass is 457 g/mol. The molecule has 2 aromatic heterocycles. The van der Waals surface area contributed by atoms with Crippen LogP contribution in [-0.4, -0.2) is 52.0 Å². The Morgan fingerprint density at radius 1 is 1.31 bits per heavy atom. The van der Waals surface area contributed by atoms with Crippen LogP contribution in [-0.2, 0) is 9.59 Å². The standard InChI is InChI=1S/C22H27N7O2.ClH/c1-3-28(2)15-8-6-7-14(11-15)18-9-4-5-10-29(18)22(31)21(30)26-17-13-24-20(23)16-12-25-27-19(16)17;/h6-8,11-13,18H,3-5,9-10H2,1-2H3,(H2,23,24)(H,25,27)(H,26,30);1H. The van der Waals surface area contributed by atoms with E-state index >= 15 is 0 Å². The second-order valence-corrected chi connectivity index (χ2v) is 7.79. The maximum Gasteiger partial charge on any atom is 0.314 e. The summed E-state index contributed by atoms with van der Waals surface area (Å²) in [4.78, 5) is 33.9. The molecular formula is C22H28ClN7O2. The van der Waals surface area contributed by atoms with Gasteiger partial charge >= 0.3 is 11.8 Å². The Morgan fingerprint density at radius 2 is 2.12 bits per heavy atom. The van der Waals surface area contributed by atoms with Gasteiger partial charge in [0.1, 0.15) is 5.82 Å². The van der Waals surface area contributed by atoms with Crippen LogP contribution in [0, 0.1) is 0 Å². The molecule has 1 unspecified atom stereocenters. The summed E-state index contributed by atoms with van der Waals surface area (Å²) in [6.07, 6.45) is 5.68.